The van der Waals surface area contributed by atoms with Crippen LogP contribution >= 0.6 is 0 Å². The fourth-order valence-corrected chi connectivity index (χ4v) is 3.64. The van der Waals surface area contributed by atoms with Gasteiger partial charge >= 0.3 is 5.97 Å². The Hall–Kier alpha value is -4.63. The largest absolute Gasteiger partial charge is 0.494 e. The minimum atomic E-state index is -1.25. The molecule has 0 radical (unpaired) electrons. The summed E-state index contributed by atoms with van der Waals surface area (Å²) in [5, 5.41) is 26.9. The van der Waals surface area contributed by atoms with Gasteiger partial charge in [-0.15, -0.1) is 4.91 Å². The zero-order valence-electron chi connectivity index (χ0n) is 18.3. The van der Waals surface area contributed by atoms with Crippen molar-refractivity contribution in [2.45, 2.75) is 6.04 Å². The van der Waals surface area contributed by atoms with Crippen molar-refractivity contribution in [2.24, 2.45) is 11.1 Å². The molecule has 2 aromatic carbocycles. The predicted molar refractivity (Wildman–Crippen MR) is 121 cm³/mol. The minimum Gasteiger partial charge on any atom is -0.494 e. The highest BCUT2D eigenvalue weighted by molar-refractivity contribution is 6.01. The number of carbonyl (C=O) groups is 1. The standard InChI is InChI=1S/C23H18F2N4O3.HNO2/c1-32-19-5-4-12(6-18(19)25)21-16(23(30)31)8-20(29-10-15(27)11-29)28-22(21)13-2-3-14(9-26)17(24)7-13;2-1-3/h2-8,15H,10-11,27H2,1H3,(H,30,31);(H,2,3). The van der Waals surface area contributed by atoms with Crippen molar-refractivity contribution < 1.29 is 28.6 Å². The van der Waals surface area contributed by atoms with E-state index in [2.05, 4.69) is 4.98 Å². The van der Waals surface area contributed by atoms with E-state index < -0.39 is 17.6 Å². The molecule has 0 aliphatic carbocycles. The van der Waals surface area contributed by atoms with E-state index in [0.29, 0.717) is 18.9 Å². The summed E-state index contributed by atoms with van der Waals surface area (Å²) in [5.74, 6) is -2.35. The number of nitrogens with two attached hydrogens (primary N) is 1. The Morgan fingerprint density at radius 1 is 1.20 bits per heavy atom. The van der Waals surface area contributed by atoms with Crippen LogP contribution in [0.5, 0.6) is 5.75 Å². The molecule has 3 aromatic rings. The summed E-state index contributed by atoms with van der Waals surface area (Å²) < 4.78 is 33.8. The van der Waals surface area contributed by atoms with Crippen LogP contribution in [0, 0.1) is 27.9 Å². The molecule has 4 N–H and O–H groups in total. The van der Waals surface area contributed by atoms with Crippen molar-refractivity contribution in [3.05, 3.63) is 70.1 Å². The first-order valence-corrected chi connectivity index (χ1v) is 10.0. The van der Waals surface area contributed by atoms with Crippen LogP contribution in [0.4, 0.5) is 14.6 Å². The highest BCUT2D eigenvalue weighted by Crippen LogP contribution is 2.38. The number of carboxylic acids is 1. The van der Waals surface area contributed by atoms with Gasteiger partial charge in [0.1, 0.15) is 17.7 Å². The van der Waals surface area contributed by atoms with Crippen LogP contribution in [0.3, 0.4) is 0 Å². The lowest BCUT2D eigenvalue weighted by Gasteiger charge is -2.38. The number of carboxylic acid groups (broad SMARTS) is 1. The zero-order chi connectivity index (χ0) is 25.7. The van der Waals surface area contributed by atoms with Crippen molar-refractivity contribution in [1.29, 1.82) is 5.26 Å². The van der Waals surface area contributed by atoms with Crippen molar-refractivity contribution in [2.75, 3.05) is 25.1 Å². The van der Waals surface area contributed by atoms with E-state index in [1.54, 1.807) is 11.0 Å². The van der Waals surface area contributed by atoms with Crippen LogP contribution in [0.2, 0.25) is 0 Å². The molecule has 180 valence electrons. The number of nitrogens with zero attached hydrogens (tertiary/aromatic N) is 4. The zero-order valence-corrected chi connectivity index (χ0v) is 18.3. The molecule has 12 heteroatoms. The number of anilines is 1. The van der Waals surface area contributed by atoms with Crippen molar-refractivity contribution >= 4 is 11.8 Å². The maximum Gasteiger partial charge on any atom is 0.336 e. The average molecular weight is 483 g/mol. The van der Waals surface area contributed by atoms with Crippen molar-refractivity contribution in [3.63, 3.8) is 0 Å². The molecule has 1 saturated heterocycles. The molecule has 0 atom stereocenters. The Balaban J connectivity index is 0.00000108. The number of aromatic carboxylic acids is 1. The van der Waals surface area contributed by atoms with Gasteiger partial charge < -0.3 is 25.7 Å². The van der Waals surface area contributed by atoms with E-state index in [1.807, 2.05) is 0 Å². The first-order valence-electron chi connectivity index (χ1n) is 10.0. The predicted octanol–water partition coefficient (Wildman–Crippen LogP) is 3.56. The van der Waals surface area contributed by atoms with Gasteiger partial charge in [0.05, 0.1) is 23.9 Å². The smallest absolute Gasteiger partial charge is 0.336 e. The van der Waals surface area contributed by atoms with E-state index in [4.69, 9.17) is 25.8 Å². The van der Waals surface area contributed by atoms with Crippen molar-refractivity contribution in [3.8, 4) is 34.2 Å². The molecule has 0 amide bonds. The Bertz CT molecular complexity index is 1320. The quantitative estimate of drug-likeness (QED) is 0.364. The summed E-state index contributed by atoms with van der Waals surface area (Å²) in [6, 6.07) is 11.0. The van der Waals surface area contributed by atoms with E-state index >= 15 is 0 Å². The third kappa shape index (κ3) is 5.15. The molecule has 10 nitrogen and oxygen atoms in total. The highest BCUT2D eigenvalue weighted by atomic mass is 19.1. The number of halogens is 2. The number of hydrogen-bond donors (Lipinski definition) is 3. The average Bonchev–Trinajstić information content (AvgIpc) is 2.81. The van der Waals surface area contributed by atoms with Gasteiger partial charge in [-0.3, -0.25) is 0 Å². The van der Waals surface area contributed by atoms with Gasteiger partial charge in [-0.2, -0.15) is 5.26 Å². The fraction of sp³-hybridized carbons (Fsp3) is 0.174. The maximum atomic E-state index is 14.5. The summed E-state index contributed by atoms with van der Waals surface area (Å²) in [7, 11) is 1.32. The van der Waals surface area contributed by atoms with E-state index in [-0.39, 0.29) is 45.3 Å². The Morgan fingerprint density at radius 2 is 1.83 bits per heavy atom. The Morgan fingerprint density at radius 3 is 2.34 bits per heavy atom. The molecule has 0 saturated carbocycles. The molecule has 1 fully saturated rings. The molecule has 1 aromatic heterocycles. The summed E-state index contributed by atoms with van der Waals surface area (Å²) in [5.41, 5.74) is 6.32. The topological polar surface area (TPSA) is 162 Å². The van der Waals surface area contributed by atoms with Gasteiger partial charge in [0.25, 0.3) is 0 Å². The van der Waals surface area contributed by atoms with Crippen LogP contribution in [0.25, 0.3) is 22.4 Å². The second kappa shape index (κ2) is 10.5. The van der Waals surface area contributed by atoms with Crippen LogP contribution in [-0.2, 0) is 0 Å². The van der Waals surface area contributed by atoms with Crippen LogP contribution in [-0.4, -0.2) is 47.5 Å². The normalized spacial score (nSPS) is 12.6. The van der Waals surface area contributed by atoms with Gasteiger partial charge in [-0.25, -0.2) is 18.6 Å². The molecule has 1 aliphatic rings. The van der Waals surface area contributed by atoms with Gasteiger partial charge in [-0.1, -0.05) is 12.1 Å². The number of rotatable bonds is 5. The summed E-state index contributed by atoms with van der Waals surface area (Å²) in [4.78, 5) is 26.7. The number of hydrogen-bond acceptors (Lipinski definition) is 8. The second-order valence-corrected chi connectivity index (χ2v) is 7.46. The lowest BCUT2D eigenvalue weighted by Crippen LogP contribution is -2.56. The first-order chi connectivity index (χ1) is 16.7. The highest BCUT2D eigenvalue weighted by Gasteiger charge is 2.28. The molecular weight excluding hydrogens is 464 g/mol. The SMILES string of the molecule is COc1ccc(-c2c(C(=O)O)cc(N3CC(N)C3)nc2-c2ccc(C#N)c(F)c2)cc1F.O=NO. The molecule has 0 spiro atoms. The third-order valence-corrected chi connectivity index (χ3v) is 5.27. The number of methoxy groups -OCH3 is 1. The van der Waals surface area contributed by atoms with Gasteiger partial charge in [0.15, 0.2) is 16.9 Å². The number of ether oxygens (including phenoxy) is 1. The number of pyridine rings is 1. The number of nitriles is 1. The van der Waals surface area contributed by atoms with E-state index in [0.717, 1.165) is 12.1 Å². The van der Waals surface area contributed by atoms with Crippen molar-refractivity contribution in [1.82, 2.24) is 4.98 Å². The molecule has 1 aliphatic heterocycles. The first kappa shape index (κ1) is 25.0. The molecule has 2 heterocycles. The van der Waals surface area contributed by atoms with Crippen LogP contribution in [0.15, 0.2) is 47.8 Å². The van der Waals surface area contributed by atoms with Crippen LogP contribution in [0.1, 0.15) is 15.9 Å². The minimum absolute atomic E-state index is 0.00395. The lowest BCUT2D eigenvalue weighted by molar-refractivity contribution is 0.0697. The summed E-state index contributed by atoms with van der Waals surface area (Å²) in [6.45, 7) is 0.980. The molecule has 0 unspecified atom stereocenters. The lowest BCUT2D eigenvalue weighted by atomic mass is 9.93. The Labute approximate surface area is 197 Å². The van der Waals surface area contributed by atoms with E-state index in [1.165, 1.54) is 42.8 Å². The summed E-state index contributed by atoms with van der Waals surface area (Å²) in [6.07, 6.45) is 0. The van der Waals surface area contributed by atoms with Crippen LogP contribution < -0.4 is 15.4 Å². The van der Waals surface area contributed by atoms with Gasteiger partial charge in [-0.05, 0) is 35.9 Å². The van der Waals surface area contributed by atoms with Gasteiger partial charge in [0, 0.05) is 30.3 Å². The number of benzene rings is 2. The van der Waals surface area contributed by atoms with E-state index in [9.17, 15) is 18.7 Å². The second-order valence-electron chi connectivity index (χ2n) is 7.46. The van der Waals surface area contributed by atoms with Gasteiger partial charge in [0.2, 0.25) is 0 Å². The maximum absolute atomic E-state index is 14.5. The molecule has 0 bridgehead atoms. The fourth-order valence-electron chi connectivity index (χ4n) is 3.64. The molecular formula is C23H19F2N5O5. The number of aromatic nitrogens is 1. The summed E-state index contributed by atoms with van der Waals surface area (Å²) >= 11 is 0. The Kier molecular flexibility index (Phi) is 7.53. The molecule has 35 heavy (non-hydrogen) atoms. The molecule has 4 rings (SSSR count). The third-order valence-electron chi connectivity index (χ3n) is 5.27. The monoisotopic (exact) mass is 483 g/mol.